The Labute approximate surface area is 171 Å². The van der Waals surface area contributed by atoms with Crippen LogP contribution in [-0.4, -0.2) is 14.4 Å². The number of halogens is 1. The Hall–Kier alpha value is -3.04. The van der Waals surface area contributed by atoms with Crippen LogP contribution in [0.5, 0.6) is 0 Å². The lowest BCUT2D eigenvalue weighted by molar-refractivity contribution is 0.256. The molecule has 7 nitrogen and oxygen atoms in total. The molecule has 0 heterocycles. The summed E-state index contributed by atoms with van der Waals surface area (Å²) in [4.78, 5) is 13.4. The van der Waals surface area contributed by atoms with Gasteiger partial charge in [0.15, 0.2) is 0 Å². The summed E-state index contributed by atoms with van der Waals surface area (Å²) >= 11 is 3.39. The van der Waals surface area contributed by atoms with Gasteiger partial charge in [0.05, 0.1) is 27.6 Å². The van der Waals surface area contributed by atoms with E-state index < -0.39 is 16.1 Å². The Morgan fingerprint density at radius 1 is 0.964 bits per heavy atom. The highest BCUT2D eigenvalue weighted by Gasteiger charge is 2.20. The number of nitrogens with two attached hydrogens (primary N) is 2. The number of nitrogen functional groups attached to an aromatic ring is 1. The summed E-state index contributed by atoms with van der Waals surface area (Å²) in [7, 11) is -3.79. The van der Waals surface area contributed by atoms with Crippen molar-refractivity contribution in [3.63, 3.8) is 0 Å². The third-order valence-corrected chi connectivity index (χ3v) is 5.96. The van der Waals surface area contributed by atoms with E-state index in [1.165, 1.54) is 29.2 Å². The molecule has 0 saturated carbocycles. The molecule has 0 spiro atoms. The molecule has 0 aliphatic heterocycles. The zero-order chi connectivity index (χ0) is 20.3. The second-order valence-corrected chi connectivity index (χ2v) is 8.35. The number of carbonyl (C=O) groups excluding carboxylic acids is 1. The minimum Gasteiger partial charge on any atom is -0.397 e. The fourth-order valence-corrected chi connectivity index (χ4v) is 4.17. The van der Waals surface area contributed by atoms with Gasteiger partial charge in [-0.05, 0) is 58.4 Å². The molecule has 0 atom stereocenters. The number of nitrogens with one attached hydrogen (secondary N) is 1. The molecule has 2 amide bonds. The van der Waals surface area contributed by atoms with E-state index in [9.17, 15) is 13.2 Å². The molecule has 144 valence electrons. The number of nitrogens with zero attached hydrogens (tertiary/aromatic N) is 1. The monoisotopic (exact) mass is 460 g/mol. The molecule has 0 fully saturated rings. The summed E-state index contributed by atoms with van der Waals surface area (Å²) in [6, 6.07) is 18.8. The van der Waals surface area contributed by atoms with E-state index in [1.54, 1.807) is 42.5 Å². The number of carbonyl (C=O) groups is 1. The second kappa shape index (κ2) is 7.91. The SMILES string of the molecule is NC(=O)N(c1ccc(NS(=O)(=O)c2ccccc2)c(N)c1)c1ccccc1Br. The Balaban J connectivity index is 1.96. The topological polar surface area (TPSA) is 119 Å². The van der Waals surface area contributed by atoms with Gasteiger partial charge in [-0.15, -0.1) is 0 Å². The molecule has 28 heavy (non-hydrogen) atoms. The molecule has 0 bridgehead atoms. The zero-order valence-corrected chi connectivity index (χ0v) is 16.9. The maximum Gasteiger partial charge on any atom is 0.323 e. The van der Waals surface area contributed by atoms with Gasteiger partial charge in [-0.2, -0.15) is 0 Å². The predicted octanol–water partition coefficient (Wildman–Crippen LogP) is 4.05. The lowest BCUT2D eigenvalue weighted by atomic mass is 10.2. The van der Waals surface area contributed by atoms with E-state index in [2.05, 4.69) is 20.7 Å². The van der Waals surface area contributed by atoms with Crippen molar-refractivity contribution in [2.75, 3.05) is 15.4 Å². The molecule has 3 rings (SSSR count). The molecule has 3 aromatic rings. The van der Waals surface area contributed by atoms with Crippen LogP contribution in [0.3, 0.4) is 0 Å². The molecule has 0 radical (unpaired) electrons. The van der Waals surface area contributed by atoms with Gasteiger partial charge >= 0.3 is 6.03 Å². The van der Waals surface area contributed by atoms with Crippen molar-refractivity contribution in [1.29, 1.82) is 0 Å². The van der Waals surface area contributed by atoms with Gasteiger partial charge in [0.25, 0.3) is 10.0 Å². The first-order chi connectivity index (χ1) is 13.3. The van der Waals surface area contributed by atoms with E-state index in [1.807, 2.05) is 6.07 Å². The number of urea groups is 1. The fraction of sp³-hybridized carbons (Fsp3) is 0. The average Bonchev–Trinajstić information content (AvgIpc) is 2.66. The molecule has 3 aromatic carbocycles. The van der Waals surface area contributed by atoms with E-state index in [0.717, 1.165) is 0 Å². The van der Waals surface area contributed by atoms with Crippen LogP contribution in [0.25, 0.3) is 0 Å². The first-order valence-electron chi connectivity index (χ1n) is 8.11. The number of amides is 2. The van der Waals surface area contributed by atoms with Crippen LogP contribution < -0.4 is 21.1 Å². The largest absolute Gasteiger partial charge is 0.397 e. The van der Waals surface area contributed by atoms with Crippen molar-refractivity contribution in [1.82, 2.24) is 0 Å². The third-order valence-electron chi connectivity index (χ3n) is 3.90. The smallest absolute Gasteiger partial charge is 0.323 e. The third kappa shape index (κ3) is 4.10. The van der Waals surface area contributed by atoms with Crippen LogP contribution in [0.15, 0.2) is 82.2 Å². The summed E-state index contributed by atoms with van der Waals surface area (Å²) in [6.45, 7) is 0. The molecule has 9 heteroatoms. The molecular formula is C19H17BrN4O3S. The van der Waals surface area contributed by atoms with Crippen molar-refractivity contribution >= 4 is 54.7 Å². The average molecular weight is 461 g/mol. The van der Waals surface area contributed by atoms with E-state index >= 15 is 0 Å². The van der Waals surface area contributed by atoms with Gasteiger partial charge in [-0.3, -0.25) is 9.62 Å². The van der Waals surface area contributed by atoms with Crippen molar-refractivity contribution in [2.45, 2.75) is 4.90 Å². The summed E-state index contributed by atoms with van der Waals surface area (Å²) in [5.74, 6) is 0. The van der Waals surface area contributed by atoms with Crippen LogP contribution in [0.2, 0.25) is 0 Å². The summed E-state index contributed by atoms with van der Waals surface area (Å²) in [6.07, 6.45) is 0. The van der Waals surface area contributed by atoms with Gasteiger partial charge in [-0.1, -0.05) is 30.3 Å². The summed E-state index contributed by atoms with van der Waals surface area (Å²) in [5, 5.41) is 0. The molecule has 0 saturated heterocycles. The van der Waals surface area contributed by atoms with Crippen LogP contribution in [0.1, 0.15) is 0 Å². The van der Waals surface area contributed by atoms with E-state index in [4.69, 9.17) is 11.5 Å². The number of sulfonamides is 1. The minimum atomic E-state index is -3.79. The maximum absolute atomic E-state index is 12.5. The van der Waals surface area contributed by atoms with Crippen molar-refractivity contribution < 1.29 is 13.2 Å². The summed E-state index contributed by atoms with van der Waals surface area (Å²) in [5.41, 5.74) is 12.9. The second-order valence-electron chi connectivity index (χ2n) is 5.82. The standard InChI is InChI=1S/C19H17BrN4O3S/c20-15-8-4-5-9-18(15)24(19(22)25)13-10-11-17(16(21)12-13)23-28(26,27)14-6-2-1-3-7-14/h1-12,23H,21H2,(H2,22,25). The highest BCUT2D eigenvalue weighted by Crippen LogP contribution is 2.35. The molecule has 0 aromatic heterocycles. The number of anilines is 4. The molecule has 5 N–H and O–H groups in total. The highest BCUT2D eigenvalue weighted by atomic mass is 79.9. The van der Waals surface area contributed by atoms with Gasteiger partial charge in [0.2, 0.25) is 0 Å². The predicted molar refractivity (Wildman–Crippen MR) is 114 cm³/mol. The van der Waals surface area contributed by atoms with Gasteiger partial charge in [0.1, 0.15) is 0 Å². The van der Waals surface area contributed by atoms with Crippen LogP contribution in [0, 0.1) is 0 Å². The first kappa shape index (κ1) is 19.7. The highest BCUT2D eigenvalue weighted by molar-refractivity contribution is 9.10. The van der Waals surface area contributed by atoms with Gasteiger partial charge in [0, 0.05) is 4.47 Å². The summed E-state index contributed by atoms with van der Waals surface area (Å²) < 4.78 is 28.1. The normalized spacial score (nSPS) is 11.0. The molecule has 0 unspecified atom stereocenters. The zero-order valence-electron chi connectivity index (χ0n) is 14.5. The fourth-order valence-electron chi connectivity index (χ4n) is 2.60. The van der Waals surface area contributed by atoms with Gasteiger partial charge < -0.3 is 11.5 Å². The lowest BCUT2D eigenvalue weighted by Crippen LogP contribution is -2.31. The molecular weight excluding hydrogens is 444 g/mol. The first-order valence-corrected chi connectivity index (χ1v) is 10.4. The number of para-hydroxylation sites is 1. The van der Waals surface area contributed by atoms with Crippen LogP contribution in [-0.2, 0) is 10.0 Å². The lowest BCUT2D eigenvalue weighted by Gasteiger charge is -2.23. The van der Waals surface area contributed by atoms with Crippen LogP contribution >= 0.6 is 15.9 Å². The Morgan fingerprint density at radius 3 is 2.21 bits per heavy atom. The van der Waals surface area contributed by atoms with Crippen molar-refractivity contribution in [2.24, 2.45) is 5.73 Å². The number of hydrogen-bond donors (Lipinski definition) is 3. The number of benzene rings is 3. The molecule has 0 aliphatic carbocycles. The number of hydrogen-bond acceptors (Lipinski definition) is 4. The molecule has 0 aliphatic rings. The Morgan fingerprint density at radius 2 is 1.61 bits per heavy atom. The minimum absolute atomic E-state index is 0.116. The van der Waals surface area contributed by atoms with E-state index in [0.29, 0.717) is 15.8 Å². The van der Waals surface area contributed by atoms with Crippen LogP contribution in [0.4, 0.5) is 27.5 Å². The number of primary amides is 1. The number of rotatable bonds is 5. The Kier molecular flexibility index (Phi) is 5.57. The van der Waals surface area contributed by atoms with Crippen molar-refractivity contribution in [3.05, 3.63) is 77.3 Å². The van der Waals surface area contributed by atoms with E-state index in [-0.39, 0.29) is 16.3 Å². The Bertz CT molecular complexity index is 1120. The quantitative estimate of drug-likeness (QED) is 0.497. The maximum atomic E-state index is 12.5. The van der Waals surface area contributed by atoms with Gasteiger partial charge in [-0.25, -0.2) is 13.2 Å². The van der Waals surface area contributed by atoms with Crippen molar-refractivity contribution in [3.8, 4) is 0 Å².